The van der Waals surface area contributed by atoms with Crippen molar-refractivity contribution in [1.29, 1.82) is 0 Å². The Hall–Kier alpha value is -2.86. The minimum atomic E-state index is -0.119. The first-order valence-corrected chi connectivity index (χ1v) is 9.15. The number of fused-ring (bicyclic) bond motifs is 1. The molecule has 1 N–H and O–H groups in total. The van der Waals surface area contributed by atoms with E-state index in [1.165, 1.54) is 0 Å². The molecule has 1 aromatic heterocycles. The molecule has 0 bridgehead atoms. The van der Waals surface area contributed by atoms with E-state index in [1.807, 2.05) is 48.5 Å². The molecule has 2 aromatic carbocycles. The van der Waals surface area contributed by atoms with Crippen LogP contribution in [-0.2, 0) is 22.5 Å². The highest BCUT2D eigenvalue weighted by Gasteiger charge is 2.10. The number of ether oxygens (including phenoxy) is 2. The topological polar surface area (TPSA) is 65.4 Å². The Morgan fingerprint density at radius 2 is 1.89 bits per heavy atom. The third-order valence-corrected chi connectivity index (χ3v) is 4.27. The van der Waals surface area contributed by atoms with Gasteiger partial charge in [-0.25, -0.2) is 4.98 Å². The van der Waals surface area contributed by atoms with Gasteiger partial charge in [0.25, 0.3) is 5.91 Å². The first kappa shape index (κ1) is 18.9. The van der Waals surface area contributed by atoms with Crippen LogP contribution in [0.15, 0.2) is 54.6 Å². The molecule has 0 saturated carbocycles. The number of methoxy groups -OCH3 is 1. The zero-order valence-corrected chi connectivity index (χ0v) is 15.6. The number of nitrogens with one attached hydrogen (secondary N) is 1. The monoisotopic (exact) mass is 367 g/mol. The molecule has 6 heteroatoms. The van der Waals surface area contributed by atoms with Gasteiger partial charge in [0.15, 0.2) is 6.61 Å². The molecule has 0 spiro atoms. The van der Waals surface area contributed by atoms with Gasteiger partial charge in [-0.2, -0.15) is 0 Å². The van der Waals surface area contributed by atoms with Gasteiger partial charge in [-0.05, 0) is 30.7 Å². The summed E-state index contributed by atoms with van der Waals surface area (Å²) < 4.78 is 12.9. The molecule has 142 valence electrons. The van der Waals surface area contributed by atoms with Crippen molar-refractivity contribution in [2.24, 2.45) is 0 Å². The number of hydrogen-bond donors (Lipinski definition) is 1. The Morgan fingerprint density at radius 3 is 2.70 bits per heavy atom. The maximum atomic E-state index is 11.9. The van der Waals surface area contributed by atoms with Gasteiger partial charge in [0.05, 0.1) is 17.6 Å². The van der Waals surface area contributed by atoms with Crippen molar-refractivity contribution < 1.29 is 14.3 Å². The van der Waals surface area contributed by atoms with Crippen LogP contribution in [-0.4, -0.2) is 42.3 Å². The van der Waals surface area contributed by atoms with Crippen LogP contribution in [0.5, 0.6) is 5.75 Å². The lowest BCUT2D eigenvalue weighted by molar-refractivity contribution is -0.123. The summed E-state index contributed by atoms with van der Waals surface area (Å²) in [5, 5.41) is 2.89. The molecule has 3 aromatic rings. The van der Waals surface area contributed by atoms with Crippen LogP contribution in [0.3, 0.4) is 0 Å². The summed E-state index contributed by atoms with van der Waals surface area (Å²) in [6.07, 6.45) is 1.60. The summed E-state index contributed by atoms with van der Waals surface area (Å²) in [5.41, 5.74) is 2.11. The largest absolute Gasteiger partial charge is 0.484 e. The Bertz CT molecular complexity index is 861. The summed E-state index contributed by atoms with van der Waals surface area (Å²) >= 11 is 0. The fourth-order valence-electron chi connectivity index (χ4n) is 2.94. The molecular formula is C21H25N3O3. The molecule has 0 radical (unpaired) electrons. The SMILES string of the molecule is COCCn1c(CCCNC(=O)COc2ccccc2)nc2ccccc21. The highest BCUT2D eigenvalue weighted by Crippen LogP contribution is 2.17. The van der Waals surface area contributed by atoms with Crippen molar-refractivity contribution in [1.82, 2.24) is 14.9 Å². The van der Waals surface area contributed by atoms with E-state index in [9.17, 15) is 4.79 Å². The molecule has 1 amide bonds. The summed E-state index contributed by atoms with van der Waals surface area (Å²) in [7, 11) is 1.70. The van der Waals surface area contributed by atoms with Crippen LogP contribution in [0.2, 0.25) is 0 Å². The number of aryl methyl sites for hydroxylation is 1. The van der Waals surface area contributed by atoms with Crippen LogP contribution in [0.25, 0.3) is 11.0 Å². The molecule has 3 rings (SSSR count). The maximum absolute atomic E-state index is 11.9. The fraction of sp³-hybridized carbons (Fsp3) is 0.333. The lowest BCUT2D eigenvalue weighted by Gasteiger charge is -2.09. The van der Waals surface area contributed by atoms with Gasteiger partial charge in [-0.3, -0.25) is 4.79 Å². The van der Waals surface area contributed by atoms with E-state index >= 15 is 0 Å². The van der Waals surface area contributed by atoms with Crippen LogP contribution >= 0.6 is 0 Å². The number of rotatable bonds is 10. The first-order valence-electron chi connectivity index (χ1n) is 9.15. The third kappa shape index (κ3) is 5.31. The second-order valence-electron chi connectivity index (χ2n) is 6.22. The van der Waals surface area contributed by atoms with Gasteiger partial charge >= 0.3 is 0 Å². The number of nitrogens with zero attached hydrogens (tertiary/aromatic N) is 2. The summed E-state index contributed by atoms with van der Waals surface area (Å²) in [5.74, 6) is 1.59. The van der Waals surface area contributed by atoms with E-state index in [0.717, 1.165) is 36.2 Å². The van der Waals surface area contributed by atoms with Crippen LogP contribution < -0.4 is 10.1 Å². The Kier molecular flexibility index (Phi) is 6.82. The highest BCUT2D eigenvalue weighted by atomic mass is 16.5. The smallest absolute Gasteiger partial charge is 0.257 e. The number of para-hydroxylation sites is 3. The first-order chi connectivity index (χ1) is 13.3. The van der Waals surface area contributed by atoms with Gasteiger partial charge in [0.1, 0.15) is 11.6 Å². The lowest BCUT2D eigenvalue weighted by atomic mass is 10.3. The van der Waals surface area contributed by atoms with Crippen molar-refractivity contribution in [2.75, 3.05) is 26.9 Å². The van der Waals surface area contributed by atoms with E-state index in [2.05, 4.69) is 16.0 Å². The standard InChI is InChI=1S/C21H25N3O3/c1-26-15-14-24-19-11-6-5-10-18(19)23-20(24)12-7-13-22-21(25)16-27-17-8-3-2-4-9-17/h2-6,8-11H,7,12-16H2,1H3,(H,22,25). The second kappa shape index (κ2) is 9.73. The van der Waals surface area contributed by atoms with Crippen LogP contribution in [0.4, 0.5) is 0 Å². The second-order valence-corrected chi connectivity index (χ2v) is 6.22. The molecule has 0 atom stereocenters. The van der Waals surface area contributed by atoms with E-state index in [0.29, 0.717) is 18.9 Å². The molecule has 0 saturated heterocycles. The normalized spacial score (nSPS) is 10.9. The van der Waals surface area contributed by atoms with Crippen molar-refractivity contribution in [3.8, 4) is 5.75 Å². The van der Waals surface area contributed by atoms with Crippen molar-refractivity contribution in [3.63, 3.8) is 0 Å². The number of amides is 1. The van der Waals surface area contributed by atoms with Crippen LogP contribution in [0, 0.1) is 0 Å². The van der Waals surface area contributed by atoms with Crippen LogP contribution in [0.1, 0.15) is 12.2 Å². The molecule has 0 aliphatic rings. The predicted molar refractivity (Wildman–Crippen MR) is 105 cm³/mol. The van der Waals surface area contributed by atoms with Gasteiger partial charge in [0.2, 0.25) is 0 Å². The molecule has 0 aliphatic heterocycles. The number of benzene rings is 2. The average Bonchev–Trinajstić information content (AvgIpc) is 3.06. The number of hydrogen-bond acceptors (Lipinski definition) is 4. The Morgan fingerprint density at radius 1 is 1.11 bits per heavy atom. The molecule has 0 unspecified atom stereocenters. The van der Waals surface area contributed by atoms with Gasteiger partial charge in [-0.1, -0.05) is 30.3 Å². The lowest BCUT2D eigenvalue weighted by Crippen LogP contribution is -2.30. The number of imidazole rings is 1. The molecule has 6 nitrogen and oxygen atoms in total. The Balaban J connectivity index is 1.47. The molecule has 0 aliphatic carbocycles. The summed E-state index contributed by atoms with van der Waals surface area (Å²) in [4.78, 5) is 16.6. The summed E-state index contributed by atoms with van der Waals surface area (Å²) in [6.45, 7) is 2.02. The number of aromatic nitrogens is 2. The number of carbonyl (C=O) groups is 1. The van der Waals surface area contributed by atoms with E-state index in [-0.39, 0.29) is 12.5 Å². The summed E-state index contributed by atoms with van der Waals surface area (Å²) in [6, 6.07) is 17.4. The quantitative estimate of drug-likeness (QED) is 0.560. The predicted octanol–water partition coefficient (Wildman–Crippen LogP) is 2.81. The third-order valence-electron chi connectivity index (χ3n) is 4.27. The minimum absolute atomic E-state index is 0.0242. The van der Waals surface area contributed by atoms with E-state index < -0.39 is 0 Å². The minimum Gasteiger partial charge on any atom is -0.484 e. The van der Waals surface area contributed by atoms with Gasteiger partial charge in [-0.15, -0.1) is 0 Å². The molecule has 0 fully saturated rings. The molecule has 1 heterocycles. The molecule has 27 heavy (non-hydrogen) atoms. The number of carbonyl (C=O) groups excluding carboxylic acids is 1. The van der Waals surface area contributed by atoms with Crippen molar-refractivity contribution in [2.45, 2.75) is 19.4 Å². The fourth-order valence-corrected chi connectivity index (χ4v) is 2.94. The van der Waals surface area contributed by atoms with Gasteiger partial charge < -0.3 is 19.4 Å². The van der Waals surface area contributed by atoms with E-state index in [1.54, 1.807) is 7.11 Å². The zero-order chi connectivity index (χ0) is 18.9. The van der Waals surface area contributed by atoms with E-state index in [4.69, 9.17) is 14.5 Å². The van der Waals surface area contributed by atoms with Gasteiger partial charge in [0, 0.05) is 26.6 Å². The average molecular weight is 367 g/mol. The zero-order valence-electron chi connectivity index (χ0n) is 15.6. The maximum Gasteiger partial charge on any atom is 0.257 e. The van der Waals surface area contributed by atoms with Crippen molar-refractivity contribution in [3.05, 3.63) is 60.4 Å². The Labute approximate surface area is 159 Å². The highest BCUT2D eigenvalue weighted by molar-refractivity contribution is 5.77. The van der Waals surface area contributed by atoms with Crippen molar-refractivity contribution >= 4 is 16.9 Å². The molecular weight excluding hydrogens is 342 g/mol.